The van der Waals surface area contributed by atoms with Crippen LogP contribution in [0.5, 0.6) is 0 Å². The maximum atomic E-state index is 11.4. The largest absolute Gasteiger partial charge is 0.382 e. The second-order valence-electron chi connectivity index (χ2n) is 3.91. The SMILES string of the molecule is COCCOCC(=O)NCCc1ccc(S(N)(=O)=O)s1. The summed E-state index contributed by atoms with van der Waals surface area (Å²) in [6.45, 7) is 1.21. The van der Waals surface area contributed by atoms with Gasteiger partial charge in [0.1, 0.15) is 10.8 Å². The fraction of sp³-hybridized carbons (Fsp3) is 0.545. The van der Waals surface area contributed by atoms with Gasteiger partial charge in [-0.05, 0) is 18.6 Å². The normalized spacial score (nSPS) is 11.5. The van der Waals surface area contributed by atoms with Crippen molar-refractivity contribution < 1.29 is 22.7 Å². The first-order chi connectivity index (χ1) is 9.43. The number of hydrogen-bond donors (Lipinski definition) is 2. The average Bonchev–Trinajstić information content (AvgIpc) is 2.83. The Hall–Kier alpha value is -1.00. The lowest BCUT2D eigenvalue weighted by atomic mass is 10.3. The lowest BCUT2D eigenvalue weighted by Crippen LogP contribution is -2.29. The maximum absolute atomic E-state index is 11.4. The van der Waals surface area contributed by atoms with Gasteiger partial charge in [-0.25, -0.2) is 13.6 Å². The predicted octanol–water partition coefficient (Wildman–Crippen LogP) is -0.283. The van der Waals surface area contributed by atoms with Gasteiger partial charge < -0.3 is 14.8 Å². The van der Waals surface area contributed by atoms with Gasteiger partial charge in [-0.1, -0.05) is 0 Å². The van der Waals surface area contributed by atoms with E-state index in [4.69, 9.17) is 14.6 Å². The zero-order valence-electron chi connectivity index (χ0n) is 11.1. The molecule has 20 heavy (non-hydrogen) atoms. The second kappa shape index (κ2) is 8.32. The van der Waals surface area contributed by atoms with Crippen LogP contribution in [0.1, 0.15) is 4.88 Å². The molecule has 1 rings (SSSR count). The van der Waals surface area contributed by atoms with Crippen LogP contribution < -0.4 is 10.5 Å². The summed E-state index contributed by atoms with van der Waals surface area (Å²) < 4.78 is 32.1. The van der Waals surface area contributed by atoms with Crippen LogP contribution in [0.15, 0.2) is 16.3 Å². The fourth-order valence-electron chi connectivity index (χ4n) is 1.33. The summed E-state index contributed by atoms with van der Waals surface area (Å²) in [5, 5.41) is 7.69. The highest BCUT2D eigenvalue weighted by atomic mass is 32.2. The van der Waals surface area contributed by atoms with Crippen LogP contribution in [0.2, 0.25) is 0 Å². The minimum Gasteiger partial charge on any atom is -0.382 e. The van der Waals surface area contributed by atoms with E-state index in [2.05, 4.69) is 5.32 Å². The molecule has 0 atom stereocenters. The van der Waals surface area contributed by atoms with Gasteiger partial charge in [-0.2, -0.15) is 0 Å². The quantitative estimate of drug-likeness (QED) is 0.608. The van der Waals surface area contributed by atoms with Gasteiger partial charge >= 0.3 is 0 Å². The Labute approximate surface area is 122 Å². The predicted molar refractivity (Wildman–Crippen MR) is 75.1 cm³/mol. The van der Waals surface area contributed by atoms with E-state index in [1.165, 1.54) is 6.07 Å². The van der Waals surface area contributed by atoms with Crippen molar-refractivity contribution >= 4 is 27.3 Å². The maximum Gasteiger partial charge on any atom is 0.247 e. The number of carbonyl (C=O) groups is 1. The molecule has 9 heteroatoms. The molecule has 1 amide bonds. The zero-order chi connectivity index (χ0) is 15.0. The van der Waals surface area contributed by atoms with E-state index in [0.29, 0.717) is 26.2 Å². The van der Waals surface area contributed by atoms with Gasteiger partial charge in [0.15, 0.2) is 0 Å². The van der Waals surface area contributed by atoms with Crippen LogP contribution in [-0.4, -0.2) is 47.8 Å². The molecule has 0 aromatic carbocycles. The van der Waals surface area contributed by atoms with Gasteiger partial charge in [0.05, 0.1) is 13.2 Å². The average molecular weight is 322 g/mol. The summed E-state index contributed by atoms with van der Waals surface area (Å²) in [5.74, 6) is -0.218. The van der Waals surface area contributed by atoms with Gasteiger partial charge in [0, 0.05) is 18.5 Å². The van der Waals surface area contributed by atoms with Crippen molar-refractivity contribution in [2.45, 2.75) is 10.6 Å². The van der Waals surface area contributed by atoms with Crippen LogP contribution in [0.3, 0.4) is 0 Å². The minimum atomic E-state index is -3.64. The highest BCUT2D eigenvalue weighted by Gasteiger charge is 2.11. The molecule has 0 aliphatic heterocycles. The van der Waals surface area contributed by atoms with Crippen molar-refractivity contribution in [1.82, 2.24) is 5.32 Å². The first-order valence-corrected chi connectivity index (χ1v) is 8.24. The summed E-state index contributed by atoms with van der Waals surface area (Å²) in [4.78, 5) is 12.2. The third-order valence-corrected chi connectivity index (χ3v) is 4.86. The van der Waals surface area contributed by atoms with Crippen LogP contribution in [0, 0.1) is 0 Å². The number of nitrogens with one attached hydrogen (secondary N) is 1. The van der Waals surface area contributed by atoms with E-state index in [-0.39, 0.29) is 16.7 Å². The number of primary sulfonamides is 1. The molecule has 1 aromatic heterocycles. The summed E-state index contributed by atoms with van der Waals surface area (Å²) in [6.07, 6.45) is 0.546. The molecule has 0 fully saturated rings. The Balaban J connectivity index is 2.24. The lowest BCUT2D eigenvalue weighted by Gasteiger charge is -2.05. The van der Waals surface area contributed by atoms with Gasteiger partial charge in [-0.15, -0.1) is 11.3 Å². The number of sulfonamides is 1. The first kappa shape index (κ1) is 17.1. The van der Waals surface area contributed by atoms with Gasteiger partial charge in [-0.3, -0.25) is 4.79 Å². The van der Waals surface area contributed by atoms with E-state index in [1.807, 2.05) is 0 Å². The number of rotatable bonds is 9. The Kier molecular flexibility index (Phi) is 7.10. The number of hydrogen-bond acceptors (Lipinski definition) is 6. The molecule has 0 radical (unpaired) electrons. The highest BCUT2D eigenvalue weighted by molar-refractivity contribution is 7.91. The van der Waals surface area contributed by atoms with E-state index in [0.717, 1.165) is 16.2 Å². The standard InChI is InChI=1S/C11H18N2O5S2/c1-17-6-7-18-8-10(14)13-5-4-9-2-3-11(19-9)20(12,15)16/h2-3H,4-8H2,1H3,(H,13,14)(H2,12,15,16). The van der Waals surface area contributed by atoms with Crippen LogP contribution in [0.25, 0.3) is 0 Å². The number of nitrogens with two attached hydrogens (primary N) is 1. The molecule has 0 spiro atoms. The van der Waals surface area contributed by atoms with Crippen molar-refractivity contribution in [2.75, 3.05) is 33.5 Å². The van der Waals surface area contributed by atoms with Crippen molar-refractivity contribution in [3.05, 3.63) is 17.0 Å². The monoisotopic (exact) mass is 322 g/mol. The van der Waals surface area contributed by atoms with E-state index in [9.17, 15) is 13.2 Å². The van der Waals surface area contributed by atoms with E-state index in [1.54, 1.807) is 13.2 Å². The zero-order valence-corrected chi connectivity index (χ0v) is 12.8. The summed E-state index contributed by atoms with van der Waals surface area (Å²) >= 11 is 1.10. The number of ether oxygens (including phenoxy) is 2. The fourth-order valence-corrected chi connectivity index (χ4v) is 3.11. The van der Waals surface area contributed by atoms with Crippen LogP contribution >= 0.6 is 11.3 Å². The van der Waals surface area contributed by atoms with E-state index < -0.39 is 10.0 Å². The summed E-state index contributed by atoms with van der Waals surface area (Å²) in [5.41, 5.74) is 0. The minimum absolute atomic E-state index is 0.0176. The second-order valence-corrected chi connectivity index (χ2v) is 6.87. The lowest BCUT2D eigenvalue weighted by molar-refractivity contribution is -0.126. The van der Waals surface area contributed by atoms with Crippen LogP contribution in [0.4, 0.5) is 0 Å². The van der Waals surface area contributed by atoms with Crippen LogP contribution in [-0.2, 0) is 30.7 Å². The third kappa shape index (κ3) is 6.44. The first-order valence-electron chi connectivity index (χ1n) is 5.88. The van der Waals surface area contributed by atoms with Crippen molar-refractivity contribution in [3.63, 3.8) is 0 Å². The topological polar surface area (TPSA) is 108 Å². The molecule has 0 saturated carbocycles. The Morgan fingerprint density at radius 2 is 2.15 bits per heavy atom. The number of amides is 1. The molecule has 1 heterocycles. The third-order valence-electron chi connectivity index (χ3n) is 2.28. The van der Waals surface area contributed by atoms with Gasteiger partial charge in [0.2, 0.25) is 15.9 Å². The molecule has 3 N–H and O–H groups in total. The van der Waals surface area contributed by atoms with E-state index >= 15 is 0 Å². The Morgan fingerprint density at radius 1 is 1.40 bits per heavy atom. The molecule has 1 aromatic rings. The molecule has 0 unspecified atom stereocenters. The molecule has 0 saturated heterocycles. The highest BCUT2D eigenvalue weighted by Crippen LogP contribution is 2.20. The molecule has 0 aliphatic carbocycles. The molecule has 0 aliphatic rings. The molecule has 0 bridgehead atoms. The van der Waals surface area contributed by atoms with Crippen molar-refractivity contribution in [1.29, 1.82) is 0 Å². The molecule has 7 nitrogen and oxygen atoms in total. The van der Waals surface area contributed by atoms with Crippen molar-refractivity contribution in [2.24, 2.45) is 5.14 Å². The molecule has 114 valence electrons. The van der Waals surface area contributed by atoms with Gasteiger partial charge in [0.25, 0.3) is 0 Å². The number of thiophene rings is 1. The summed E-state index contributed by atoms with van der Waals surface area (Å²) in [6, 6.07) is 3.15. The molecular formula is C11H18N2O5S2. The molecular weight excluding hydrogens is 304 g/mol. The smallest absolute Gasteiger partial charge is 0.247 e. The number of carbonyl (C=O) groups excluding carboxylic acids is 1. The number of methoxy groups -OCH3 is 1. The summed E-state index contributed by atoms with van der Waals surface area (Å²) in [7, 11) is -2.09. The Bertz CT molecular complexity index is 527. The van der Waals surface area contributed by atoms with Crippen molar-refractivity contribution in [3.8, 4) is 0 Å². The Morgan fingerprint density at radius 3 is 2.75 bits per heavy atom.